The van der Waals surface area contributed by atoms with Crippen LogP contribution < -0.4 is 11.1 Å². The number of hydrogen-bond donors (Lipinski definition) is 3. The minimum Gasteiger partial charge on any atom is -0.394 e. The molecule has 0 aliphatic carbocycles. The van der Waals surface area contributed by atoms with Gasteiger partial charge >= 0.3 is 0 Å². The van der Waals surface area contributed by atoms with E-state index >= 15 is 0 Å². The molecule has 0 aromatic heterocycles. The Kier molecular flexibility index (Phi) is 7.42. The molecule has 0 bridgehead atoms. The molecule has 0 aromatic carbocycles. The number of nitrogens with one attached hydrogen (secondary N) is 1. The number of rotatable bonds is 7. The topological polar surface area (TPSA) is 75.3 Å². The zero-order chi connectivity index (χ0) is 11.0. The Bertz CT molecular complexity index is 158. The lowest BCUT2D eigenvalue weighted by molar-refractivity contribution is -0.122. The molecule has 14 heavy (non-hydrogen) atoms. The second-order valence-corrected chi connectivity index (χ2v) is 3.73. The lowest BCUT2D eigenvalue weighted by atomic mass is 10.1. The molecular weight excluding hydrogens is 180 g/mol. The van der Waals surface area contributed by atoms with Crippen LogP contribution in [0.25, 0.3) is 0 Å². The van der Waals surface area contributed by atoms with Gasteiger partial charge < -0.3 is 16.2 Å². The highest BCUT2D eigenvalue weighted by atomic mass is 16.3. The number of amides is 1. The molecule has 0 rings (SSSR count). The van der Waals surface area contributed by atoms with Crippen LogP contribution in [-0.2, 0) is 4.79 Å². The largest absolute Gasteiger partial charge is 0.394 e. The molecule has 1 amide bonds. The van der Waals surface area contributed by atoms with Crippen LogP contribution in [0.3, 0.4) is 0 Å². The second-order valence-electron chi connectivity index (χ2n) is 3.73. The van der Waals surface area contributed by atoms with E-state index < -0.39 is 0 Å². The third kappa shape index (κ3) is 5.94. The predicted octanol–water partition coefficient (Wildman–Crippen LogP) is 0.249. The molecular formula is C10H22N2O2. The molecule has 0 radical (unpaired) electrons. The average Bonchev–Trinajstić information content (AvgIpc) is 2.22. The van der Waals surface area contributed by atoms with E-state index in [4.69, 9.17) is 10.8 Å². The third-order valence-electron chi connectivity index (χ3n) is 2.34. The number of aliphatic hydroxyl groups excluding tert-OH is 1. The Balaban J connectivity index is 3.64. The molecule has 84 valence electrons. The fraction of sp³-hybridized carbons (Fsp3) is 0.900. The first-order chi connectivity index (χ1) is 6.63. The predicted molar refractivity (Wildman–Crippen MR) is 56.8 cm³/mol. The molecule has 4 N–H and O–H groups in total. The fourth-order valence-corrected chi connectivity index (χ4v) is 1.07. The standard InChI is InChI=1S/C10H22N2O2/c1-3-9(7-13)12-10(14)5-4-8(2)6-11/h8-9,13H,3-7,11H2,1-2H3,(H,12,14). The van der Waals surface area contributed by atoms with E-state index in [2.05, 4.69) is 5.32 Å². The summed E-state index contributed by atoms with van der Waals surface area (Å²) in [7, 11) is 0. The Morgan fingerprint density at radius 1 is 1.57 bits per heavy atom. The van der Waals surface area contributed by atoms with Crippen molar-refractivity contribution in [3.05, 3.63) is 0 Å². The molecule has 0 spiro atoms. The van der Waals surface area contributed by atoms with Crippen molar-refractivity contribution in [1.29, 1.82) is 0 Å². The van der Waals surface area contributed by atoms with Gasteiger partial charge in [-0.1, -0.05) is 13.8 Å². The Labute approximate surface area is 85.9 Å². The van der Waals surface area contributed by atoms with Gasteiger partial charge in [-0.25, -0.2) is 0 Å². The van der Waals surface area contributed by atoms with E-state index in [0.29, 0.717) is 18.9 Å². The van der Waals surface area contributed by atoms with Gasteiger partial charge in [-0.15, -0.1) is 0 Å². The maximum Gasteiger partial charge on any atom is 0.220 e. The van der Waals surface area contributed by atoms with Crippen molar-refractivity contribution in [2.45, 2.75) is 39.2 Å². The molecule has 0 saturated heterocycles. The van der Waals surface area contributed by atoms with Crippen LogP contribution in [0.2, 0.25) is 0 Å². The van der Waals surface area contributed by atoms with Crippen LogP contribution in [0, 0.1) is 5.92 Å². The summed E-state index contributed by atoms with van der Waals surface area (Å²) in [6, 6.07) is -0.101. The van der Waals surface area contributed by atoms with E-state index in [1.165, 1.54) is 0 Å². The summed E-state index contributed by atoms with van der Waals surface area (Å²) in [5.74, 6) is 0.390. The molecule has 2 unspecified atom stereocenters. The van der Waals surface area contributed by atoms with E-state index in [0.717, 1.165) is 12.8 Å². The molecule has 4 heteroatoms. The lowest BCUT2D eigenvalue weighted by Gasteiger charge is -2.14. The van der Waals surface area contributed by atoms with E-state index in [-0.39, 0.29) is 18.6 Å². The Morgan fingerprint density at radius 2 is 2.21 bits per heavy atom. The molecule has 4 nitrogen and oxygen atoms in total. The molecule has 0 aromatic rings. The zero-order valence-electron chi connectivity index (χ0n) is 9.12. The summed E-state index contributed by atoms with van der Waals surface area (Å²) in [6.07, 6.45) is 2.06. The fourth-order valence-electron chi connectivity index (χ4n) is 1.07. The molecule has 0 heterocycles. The maximum atomic E-state index is 11.3. The number of carbonyl (C=O) groups is 1. The van der Waals surface area contributed by atoms with Crippen molar-refractivity contribution >= 4 is 5.91 Å². The van der Waals surface area contributed by atoms with Gasteiger partial charge in [-0.3, -0.25) is 4.79 Å². The quantitative estimate of drug-likeness (QED) is 0.554. The second kappa shape index (κ2) is 7.76. The normalized spacial score (nSPS) is 14.9. The van der Waals surface area contributed by atoms with Crippen molar-refractivity contribution in [3.8, 4) is 0 Å². The SMILES string of the molecule is CCC(CO)NC(=O)CCC(C)CN. The Hall–Kier alpha value is -0.610. The molecule has 0 aliphatic heterocycles. The van der Waals surface area contributed by atoms with E-state index in [1.807, 2.05) is 13.8 Å². The summed E-state index contributed by atoms with van der Waals surface area (Å²) in [4.78, 5) is 11.3. The number of nitrogens with two attached hydrogens (primary N) is 1. The number of aliphatic hydroxyl groups is 1. The van der Waals surface area contributed by atoms with Crippen LogP contribution >= 0.6 is 0 Å². The number of hydrogen-bond acceptors (Lipinski definition) is 3. The first-order valence-electron chi connectivity index (χ1n) is 5.24. The van der Waals surface area contributed by atoms with E-state index in [1.54, 1.807) is 0 Å². The van der Waals surface area contributed by atoms with Gasteiger partial charge in [-0.2, -0.15) is 0 Å². The van der Waals surface area contributed by atoms with Crippen LogP contribution in [-0.4, -0.2) is 30.2 Å². The molecule has 0 aliphatic rings. The van der Waals surface area contributed by atoms with Crippen LogP contribution in [0.1, 0.15) is 33.1 Å². The zero-order valence-corrected chi connectivity index (χ0v) is 9.12. The highest BCUT2D eigenvalue weighted by Crippen LogP contribution is 2.03. The van der Waals surface area contributed by atoms with Crippen molar-refractivity contribution in [2.75, 3.05) is 13.2 Å². The lowest BCUT2D eigenvalue weighted by Crippen LogP contribution is -2.37. The minimum absolute atomic E-state index is 0.00574. The number of carbonyl (C=O) groups excluding carboxylic acids is 1. The van der Waals surface area contributed by atoms with Gasteiger partial charge in [0.2, 0.25) is 5.91 Å². The van der Waals surface area contributed by atoms with Gasteiger partial charge in [0, 0.05) is 6.42 Å². The van der Waals surface area contributed by atoms with Crippen molar-refractivity contribution < 1.29 is 9.90 Å². The van der Waals surface area contributed by atoms with Gasteiger partial charge in [0.25, 0.3) is 0 Å². The third-order valence-corrected chi connectivity index (χ3v) is 2.34. The summed E-state index contributed by atoms with van der Waals surface area (Å²) in [5.41, 5.74) is 5.44. The Morgan fingerprint density at radius 3 is 2.64 bits per heavy atom. The first-order valence-corrected chi connectivity index (χ1v) is 5.24. The molecule has 0 fully saturated rings. The van der Waals surface area contributed by atoms with Crippen LogP contribution in [0.4, 0.5) is 0 Å². The smallest absolute Gasteiger partial charge is 0.220 e. The molecule has 0 saturated carbocycles. The van der Waals surface area contributed by atoms with Gasteiger partial charge in [0.05, 0.1) is 12.6 Å². The molecule has 2 atom stereocenters. The monoisotopic (exact) mass is 202 g/mol. The van der Waals surface area contributed by atoms with Crippen molar-refractivity contribution in [2.24, 2.45) is 11.7 Å². The van der Waals surface area contributed by atoms with Gasteiger partial charge in [-0.05, 0) is 25.3 Å². The van der Waals surface area contributed by atoms with Crippen molar-refractivity contribution in [1.82, 2.24) is 5.32 Å². The summed E-state index contributed by atoms with van der Waals surface area (Å²) in [5, 5.41) is 11.6. The highest BCUT2D eigenvalue weighted by molar-refractivity contribution is 5.76. The van der Waals surface area contributed by atoms with E-state index in [9.17, 15) is 4.79 Å². The minimum atomic E-state index is -0.101. The van der Waals surface area contributed by atoms with Crippen LogP contribution in [0.5, 0.6) is 0 Å². The highest BCUT2D eigenvalue weighted by Gasteiger charge is 2.09. The van der Waals surface area contributed by atoms with Gasteiger partial charge in [0.15, 0.2) is 0 Å². The van der Waals surface area contributed by atoms with Gasteiger partial charge in [0.1, 0.15) is 0 Å². The summed E-state index contributed by atoms with van der Waals surface area (Å²) >= 11 is 0. The summed E-state index contributed by atoms with van der Waals surface area (Å²) in [6.45, 7) is 4.58. The summed E-state index contributed by atoms with van der Waals surface area (Å²) < 4.78 is 0. The van der Waals surface area contributed by atoms with Crippen molar-refractivity contribution in [3.63, 3.8) is 0 Å². The van der Waals surface area contributed by atoms with Crippen LogP contribution in [0.15, 0.2) is 0 Å². The maximum absolute atomic E-state index is 11.3. The average molecular weight is 202 g/mol. The first kappa shape index (κ1) is 13.4.